The lowest BCUT2D eigenvalue weighted by Gasteiger charge is -2.26. The minimum absolute atomic E-state index is 0.155. The van der Waals surface area contributed by atoms with Crippen LogP contribution in [0.1, 0.15) is 24.9 Å². The number of hydrogen-bond acceptors (Lipinski definition) is 2. The van der Waals surface area contributed by atoms with Gasteiger partial charge < -0.3 is 10.1 Å². The van der Waals surface area contributed by atoms with Crippen molar-refractivity contribution in [3.05, 3.63) is 35.1 Å². The molecule has 1 aromatic carbocycles. The van der Waals surface area contributed by atoms with Crippen molar-refractivity contribution in [2.24, 2.45) is 5.92 Å². The van der Waals surface area contributed by atoms with E-state index in [1.165, 1.54) is 0 Å². The first kappa shape index (κ1) is 13.4. The van der Waals surface area contributed by atoms with Gasteiger partial charge in [-0.05, 0) is 19.4 Å². The van der Waals surface area contributed by atoms with Crippen molar-refractivity contribution in [2.75, 3.05) is 13.7 Å². The van der Waals surface area contributed by atoms with Crippen molar-refractivity contribution in [1.82, 2.24) is 5.32 Å². The number of halogens is 3. The third-order valence-corrected chi connectivity index (χ3v) is 3.44. The van der Waals surface area contributed by atoms with E-state index in [9.17, 15) is 13.2 Å². The Hall–Kier alpha value is -1.07. The van der Waals surface area contributed by atoms with E-state index < -0.39 is 23.5 Å². The van der Waals surface area contributed by atoms with Gasteiger partial charge in [-0.1, -0.05) is 6.92 Å². The summed E-state index contributed by atoms with van der Waals surface area (Å²) in [5.74, 6) is -2.47. The van der Waals surface area contributed by atoms with Crippen LogP contribution in [0.3, 0.4) is 0 Å². The molecule has 1 heterocycles. The van der Waals surface area contributed by atoms with Crippen LogP contribution in [0.4, 0.5) is 13.2 Å². The lowest BCUT2D eigenvalue weighted by molar-refractivity contribution is 0.0608. The van der Waals surface area contributed by atoms with Gasteiger partial charge >= 0.3 is 0 Å². The second kappa shape index (κ2) is 5.28. The van der Waals surface area contributed by atoms with Gasteiger partial charge in [0.2, 0.25) is 0 Å². The fourth-order valence-electron chi connectivity index (χ4n) is 2.47. The number of ether oxygens (including phenoxy) is 1. The van der Waals surface area contributed by atoms with E-state index in [2.05, 4.69) is 5.32 Å². The molecule has 18 heavy (non-hydrogen) atoms. The highest BCUT2D eigenvalue weighted by Crippen LogP contribution is 2.33. The Balaban J connectivity index is 2.38. The van der Waals surface area contributed by atoms with Crippen LogP contribution in [0.5, 0.6) is 0 Å². The van der Waals surface area contributed by atoms with Gasteiger partial charge in [0.25, 0.3) is 0 Å². The molecule has 0 bridgehead atoms. The summed E-state index contributed by atoms with van der Waals surface area (Å²) in [6, 6.07) is 0.785. The zero-order valence-electron chi connectivity index (χ0n) is 10.3. The number of rotatable bonds is 3. The number of nitrogens with one attached hydrogen (secondary N) is 1. The average molecular weight is 259 g/mol. The van der Waals surface area contributed by atoms with Gasteiger partial charge in [-0.2, -0.15) is 0 Å². The van der Waals surface area contributed by atoms with Gasteiger partial charge in [0.05, 0.1) is 12.1 Å². The Morgan fingerprint density at radius 2 is 1.89 bits per heavy atom. The highest BCUT2D eigenvalue weighted by molar-refractivity contribution is 5.25. The van der Waals surface area contributed by atoms with Gasteiger partial charge in [0.1, 0.15) is 17.5 Å². The molecule has 0 aliphatic carbocycles. The quantitative estimate of drug-likeness (QED) is 0.901. The SMILES string of the molecule is CNC(c1c(F)cc(F)cc1F)C1OCCC1C. The van der Waals surface area contributed by atoms with E-state index in [-0.39, 0.29) is 17.6 Å². The Morgan fingerprint density at radius 3 is 2.33 bits per heavy atom. The topological polar surface area (TPSA) is 21.3 Å². The van der Waals surface area contributed by atoms with Crippen LogP contribution in [-0.4, -0.2) is 19.8 Å². The zero-order valence-corrected chi connectivity index (χ0v) is 10.3. The molecule has 0 radical (unpaired) electrons. The fourth-order valence-corrected chi connectivity index (χ4v) is 2.47. The third-order valence-electron chi connectivity index (χ3n) is 3.44. The highest BCUT2D eigenvalue weighted by atomic mass is 19.1. The van der Waals surface area contributed by atoms with Gasteiger partial charge in [-0.3, -0.25) is 0 Å². The molecule has 2 rings (SSSR count). The van der Waals surface area contributed by atoms with Gasteiger partial charge in [0.15, 0.2) is 0 Å². The average Bonchev–Trinajstić information content (AvgIpc) is 2.69. The molecule has 0 spiro atoms. The molecule has 3 atom stereocenters. The standard InChI is InChI=1S/C13H16F3NO/c1-7-3-4-18-13(7)12(17-2)11-9(15)5-8(14)6-10(11)16/h5-7,12-13,17H,3-4H2,1-2H3. The summed E-state index contributed by atoms with van der Waals surface area (Å²) in [4.78, 5) is 0. The van der Waals surface area contributed by atoms with Gasteiger partial charge in [-0.25, -0.2) is 13.2 Å². The summed E-state index contributed by atoms with van der Waals surface area (Å²) in [5.41, 5.74) is -0.155. The highest BCUT2D eigenvalue weighted by Gasteiger charge is 2.35. The first-order chi connectivity index (χ1) is 8.54. The molecular weight excluding hydrogens is 243 g/mol. The molecule has 1 aromatic rings. The van der Waals surface area contributed by atoms with E-state index in [4.69, 9.17) is 4.74 Å². The largest absolute Gasteiger partial charge is 0.376 e. The number of likely N-dealkylation sites (N-methyl/N-ethyl adjacent to an activating group) is 1. The van der Waals surface area contributed by atoms with Crippen molar-refractivity contribution in [3.8, 4) is 0 Å². The summed E-state index contributed by atoms with van der Waals surface area (Å²) in [6.07, 6.45) is 0.553. The number of hydrogen-bond donors (Lipinski definition) is 1. The summed E-state index contributed by atoms with van der Waals surface area (Å²) in [5, 5.41) is 2.86. The lowest BCUT2D eigenvalue weighted by atomic mass is 9.92. The summed E-state index contributed by atoms with van der Waals surface area (Å²) in [7, 11) is 1.61. The second-order valence-corrected chi connectivity index (χ2v) is 4.65. The fraction of sp³-hybridized carbons (Fsp3) is 0.538. The minimum Gasteiger partial charge on any atom is -0.376 e. The molecule has 3 unspecified atom stereocenters. The van der Waals surface area contributed by atoms with E-state index in [0.29, 0.717) is 18.7 Å². The maximum atomic E-state index is 13.8. The second-order valence-electron chi connectivity index (χ2n) is 4.65. The molecule has 1 fully saturated rings. The Labute approximate surface area is 104 Å². The number of benzene rings is 1. The molecule has 5 heteroatoms. The van der Waals surface area contributed by atoms with Crippen LogP contribution in [0.2, 0.25) is 0 Å². The molecule has 0 saturated carbocycles. The van der Waals surface area contributed by atoms with Crippen molar-refractivity contribution in [2.45, 2.75) is 25.5 Å². The molecule has 1 aliphatic rings. The summed E-state index contributed by atoms with van der Waals surface area (Å²) in [6.45, 7) is 2.55. The van der Waals surface area contributed by atoms with Crippen LogP contribution >= 0.6 is 0 Å². The van der Waals surface area contributed by atoms with E-state index in [0.717, 1.165) is 6.42 Å². The smallest absolute Gasteiger partial charge is 0.133 e. The minimum atomic E-state index is -0.913. The van der Waals surface area contributed by atoms with Crippen molar-refractivity contribution < 1.29 is 17.9 Å². The Morgan fingerprint density at radius 1 is 1.28 bits per heavy atom. The molecule has 0 amide bonds. The molecule has 2 nitrogen and oxygen atoms in total. The van der Waals surface area contributed by atoms with Crippen LogP contribution in [0.25, 0.3) is 0 Å². The lowest BCUT2D eigenvalue weighted by Crippen LogP contribution is -2.34. The molecular formula is C13H16F3NO. The molecule has 1 N–H and O–H groups in total. The van der Waals surface area contributed by atoms with Crippen LogP contribution < -0.4 is 5.32 Å². The monoisotopic (exact) mass is 259 g/mol. The van der Waals surface area contributed by atoms with Crippen molar-refractivity contribution in [3.63, 3.8) is 0 Å². The first-order valence-corrected chi connectivity index (χ1v) is 5.98. The van der Waals surface area contributed by atoms with Crippen LogP contribution in [0, 0.1) is 23.4 Å². The molecule has 0 aromatic heterocycles. The first-order valence-electron chi connectivity index (χ1n) is 5.98. The van der Waals surface area contributed by atoms with Gasteiger partial charge in [0, 0.05) is 24.3 Å². The van der Waals surface area contributed by atoms with Crippen molar-refractivity contribution >= 4 is 0 Å². The molecule has 1 aliphatic heterocycles. The van der Waals surface area contributed by atoms with E-state index in [1.54, 1.807) is 7.05 Å². The van der Waals surface area contributed by atoms with Gasteiger partial charge in [-0.15, -0.1) is 0 Å². The maximum absolute atomic E-state index is 13.8. The Kier molecular flexibility index (Phi) is 3.92. The molecule has 100 valence electrons. The zero-order chi connectivity index (χ0) is 13.3. The predicted molar refractivity (Wildman–Crippen MR) is 61.6 cm³/mol. The van der Waals surface area contributed by atoms with Crippen LogP contribution in [0.15, 0.2) is 12.1 Å². The van der Waals surface area contributed by atoms with Crippen LogP contribution in [-0.2, 0) is 4.74 Å². The molecule has 1 saturated heterocycles. The normalized spacial score (nSPS) is 25.4. The van der Waals surface area contributed by atoms with Crippen molar-refractivity contribution in [1.29, 1.82) is 0 Å². The maximum Gasteiger partial charge on any atom is 0.133 e. The van der Waals surface area contributed by atoms with E-state index >= 15 is 0 Å². The Bertz CT molecular complexity index is 415. The predicted octanol–water partition coefficient (Wildman–Crippen LogP) is 2.79. The summed E-state index contributed by atoms with van der Waals surface area (Å²) >= 11 is 0. The summed E-state index contributed by atoms with van der Waals surface area (Å²) < 4.78 is 45.9. The van der Waals surface area contributed by atoms with E-state index in [1.807, 2.05) is 6.92 Å². The third kappa shape index (κ3) is 2.37.